The van der Waals surface area contributed by atoms with Crippen LogP contribution in [0.2, 0.25) is 0 Å². The first-order valence-electron chi connectivity index (χ1n) is 10.8. The Balaban J connectivity index is 1.37. The topological polar surface area (TPSA) is 74.2 Å². The van der Waals surface area contributed by atoms with E-state index in [1.165, 1.54) is 0 Å². The Morgan fingerprint density at radius 3 is 2.69 bits per heavy atom. The van der Waals surface area contributed by atoms with Crippen LogP contribution in [0.25, 0.3) is 0 Å². The van der Waals surface area contributed by atoms with Gasteiger partial charge in [0.1, 0.15) is 5.82 Å². The molecule has 32 heavy (non-hydrogen) atoms. The van der Waals surface area contributed by atoms with Crippen molar-refractivity contribution < 1.29 is 4.79 Å². The third-order valence-corrected chi connectivity index (χ3v) is 6.28. The number of rotatable bonds is 7. The fraction of sp³-hybridized carbons (Fsp3) is 0.333. The lowest BCUT2D eigenvalue weighted by atomic mass is 10.1. The molecule has 1 aliphatic rings. The monoisotopic (exact) mass is 448 g/mol. The van der Waals surface area contributed by atoms with Crippen molar-refractivity contribution >= 4 is 23.5 Å². The van der Waals surface area contributed by atoms with Gasteiger partial charge in [0.25, 0.3) is 5.91 Å². The first-order valence-corrected chi connectivity index (χ1v) is 11.7. The number of piperazine rings is 1. The summed E-state index contributed by atoms with van der Waals surface area (Å²) >= 11 is 1.60. The molecule has 7 nitrogen and oxygen atoms in total. The highest BCUT2D eigenvalue weighted by Gasteiger charge is 2.17. The molecule has 1 amide bonds. The summed E-state index contributed by atoms with van der Waals surface area (Å²) in [6.07, 6.45) is 1.72. The van der Waals surface area contributed by atoms with Crippen LogP contribution in [0.15, 0.2) is 59.9 Å². The summed E-state index contributed by atoms with van der Waals surface area (Å²) < 4.78 is 0. The van der Waals surface area contributed by atoms with Crippen molar-refractivity contribution in [1.29, 1.82) is 0 Å². The molecule has 0 spiro atoms. The molecular weight excluding hydrogens is 420 g/mol. The van der Waals surface area contributed by atoms with Gasteiger partial charge in [0, 0.05) is 55.5 Å². The Labute approximate surface area is 193 Å². The molecule has 166 valence electrons. The molecule has 1 saturated heterocycles. The highest BCUT2D eigenvalue weighted by molar-refractivity contribution is 7.98. The molecule has 0 aliphatic carbocycles. The second-order valence-corrected chi connectivity index (χ2v) is 8.88. The predicted molar refractivity (Wildman–Crippen MR) is 128 cm³/mol. The number of carbonyl (C=O) groups is 1. The number of nitrogens with zero attached hydrogens (tertiary/aromatic N) is 5. The van der Waals surface area contributed by atoms with Gasteiger partial charge in [0.05, 0.1) is 12.2 Å². The van der Waals surface area contributed by atoms with Crippen LogP contribution in [-0.4, -0.2) is 59.0 Å². The lowest BCUT2D eigenvalue weighted by Crippen LogP contribution is -2.44. The van der Waals surface area contributed by atoms with Crippen LogP contribution >= 0.6 is 11.8 Å². The standard InChI is InChI=1S/C24H28N6OS/c1-18-14-22(30-12-10-29(2)11-13-30)28-24(27-18)32-17-19-6-5-7-20(15-19)23(31)26-16-21-8-3-4-9-25-21/h3-9,14-15H,10-13,16-17H2,1-2H3,(H,26,31). The molecule has 1 fully saturated rings. The second-order valence-electron chi connectivity index (χ2n) is 7.93. The van der Waals surface area contributed by atoms with Gasteiger partial charge in [0.2, 0.25) is 0 Å². The van der Waals surface area contributed by atoms with E-state index >= 15 is 0 Å². The van der Waals surface area contributed by atoms with Crippen molar-refractivity contribution in [2.75, 3.05) is 38.1 Å². The largest absolute Gasteiger partial charge is 0.354 e. The van der Waals surface area contributed by atoms with Crippen LogP contribution in [0.5, 0.6) is 0 Å². The molecule has 4 rings (SSSR count). The smallest absolute Gasteiger partial charge is 0.251 e. The summed E-state index contributed by atoms with van der Waals surface area (Å²) in [5.74, 6) is 1.59. The van der Waals surface area contributed by atoms with Crippen molar-refractivity contribution in [3.05, 3.63) is 77.2 Å². The molecule has 8 heteroatoms. The third kappa shape index (κ3) is 6.05. The number of aryl methyl sites for hydroxylation is 1. The van der Waals surface area contributed by atoms with Crippen molar-refractivity contribution in [1.82, 2.24) is 25.2 Å². The third-order valence-electron chi connectivity index (χ3n) is 5.36. The van der Waals surface area contributed by atoms with Crippen LogP contribution in [-0.2, 0) is 12.3 Å². The Morgan fingerprint density at radius 1 is 1.06 bits per heavy atom. The number of likely N-dealkylation sites (N-methyl/N-ethyl adjacent to an activating group) is 1. The molecule has 1 aliphatic heterocycles. The van der Waals surface area contributed by atoms with E-state index in [1.807, 2.05) is 49.4 Å². The number of aromatic nitrogens is 3. The van der Waals surface area contributed by atoms with Crippen LogP contribution in [0, 0.1) is 6.92 Å². The van der Waals surface area contributed by atoms with Gasteiger partial charge in [-0.1, -0.05) is 30.0 Å². The highest BCUT2D eigenvalue weighted by Crippen LogP contribution is 2.24. The lowest BCUT2D eigenvalue weighted by molar-refractivity contribution is 0.0950. The van der Waals surface area contributed by atoms with E-state index in [9.17, 15) is 4.79 Å². The first kappa shape index (κ1) is 22.2. The summed E-state index contributed by atoms with van der Waals surface area (Å²) in [7, 11) is 2.15. The maximum absolute atomic E-state index is 12.6. The SMILES string of the molecule is Cc1cc(N2CCN(C)CC2)nc(SCc2cccc(C(=O)NCc3ccccn3)c2)n1. The van der Waals surface area contributed by atoms with Gasteiger partial charge in [-0.25, -0.2) is 9.97 Å². The van der Waals surface area contributed by atoms with Gasteiger partial charge in [-0.05, 0) is 43.8 Å². The molecule has 0 unspecified atom stereocenters. The van der Waals surface area contributed by atoms with Crippen molar-refractivity contribution in [2.45, 2.75) is 24.4 Å². The number of anilines is 1. The average molecular weight is 449 g/mol. The number of hydrogen-bond donors (Lipinski definition) is 1. The normalized spacial score (nSPS) is 14.4. The molecule has 0 bridgehead atoms. The van der Waals surface area contributed by atoms with Crippen LogP contribution < -0.4 is 10.2 Å². The zero-order valence-corrected chi connectivity index (χ0v) is 19.3. The minimum atomic E-state index is -0.105. The zero-order valence-electron chi connectivity index (χ0n) is 18.5. The summed E-state index contributed by atoms with van der Waals surface area (Å²) in [4.78, 5) is 30.8. The number of benzene rings is 1. The maximum Gasteiger partial charge on any atom is 0.251 e. The quantitative estimate of drug-likeness (QED) is 0.440. The molecule has 1 aromatic carbocycles. The fourth-order valence-corrected chi connectivity index (χ4v) is 4.36. The summed E-state index contributed by atoms with van der Waals surface area (Å²) in [5, 5.41) is 3.70. The summed E-state index contributed by atoms with van der Waals surface area (Å²) in [5.41, 5.74) is 3.51. The van der Waals surface area contributed by atoms with Gasteiger partial charge in [-0.3, -0.25) is 9.78 Å². The highest BCUT2D eigenvalue weighted by atomic mass is 32.2. The predicted octanol–water partition coefficient (Wildman–Crippen LogP) is 3.15. The van der Waals surface area contributed by atoms with E-state index in [-0.39, 0.29) is 5.91 Å². The first-order chi connectivity index (χ1) is 15.6. The van der Waals surface area contributed by atoms with Crippen LogP contribution in [0.4, 0.5) is 5.82 Å². The van der Waals surface area contributed by atoms with E-state index in [0.717, 1.165) is 54.1 Å². The maximum atomic E-state index is 12.6. The van der Waals surface area contributed by atoms with Gasteiger partial charge in [-0.2, -0.15) is 0 Å². The summed E-state index contributed by atoms with van der Waals surface area (Å²) in [6, 6.07) is 15.4. The minimum absolute atomic E-state index is 0.105. The molecular formula is C24H28N6OS. The van der Waals surface area contributed by atoms with E-state index in [1.54, 1.807) is 18.0 Å². The van der Waals surface area contributed by atoms with Crippen molar-refractivity contribution in [3.63, 3.8) is 0 Å². The number of carbonyl (C=O) groups excluding carboxylic acids is 1. The van der Waals surface area contributed by atoms with Crippen LogP contribution in [0.1, 0.15) is 27.3 Å². The van der Waals surface area contributed by atoms with Gasteiger partial charge in [-0.15, -0.1) is 0 Å². The number of thioether (sulfide) groups is 1. The van der Waals surface area contributed by atoms with Crippen LogP contribution in [0.3, 0.4) is 0 Å². The lowest BCUT2D eigenvalue weighted by Gasteiger charge is -2.33. The Kier molecular flexibility index (Phi) is 7.34. The molecule has 0 saturated carbocycles. The molecule has 3 aromatic rings. The summed E-state index contributed by atoms with van der Waals surface area (Å²) in [6.45, 7) is 6.46. The van der Waals surface area contributed by atoms with Gasteiger partial charge < -0.3 is 15.1 Å². The number of hydrogen-bond acceptors (Lipinski definition) is 7. The minimum Gasteiger partial charge on any atom is -0.354 e. The van der Waals surface area contributed by atoms with Gasteiger partial charge in [0.15, 0.2) is 5.16 Å². The van der Waals surface area contributed by atoms with Crippen molar-refractivity contribution in [3.8, 4) is 0 Å². The van der Waals surface area contributed by atoms with E-state index in [2.05, 4.69) is 38.2 Å². The van der Waals surface area contributed by atoms with E-state index < -0.39 is 0 Å². The van der Waals surface area contributed by atoms with E-state index in [0.29, 0.717) is 17.9 Å². The number of pyridine rings is 1. The van der Waals surface area contributed by atoms with Gasteiger partial charge >= 0.3 is 0 Å². The number of amides is 1. The Bertz CT molecular complexity index is 1050. The Hall–Kier alpha value is -2.97. The van der Waals surface area contributed by atoms with E-state index in [4.69, 9.17) is 4.98 Å². The molecule has 3 heterocycles. The number of nitrogens with one attached hydrogen (secondary N) is 1. The Morgan fingerprint density at radius 2 is 1.91 bits per heavy atom. The molecule has 0 atom stereocenters. The fourth-order valence-electron chi connectivity index (χ4n) is 3.51. The average Bonchev–Trinajstić information content (AvgIpc) is 2.82. The molecule has 2 aromatic heterocycles. The molecule has 0 radical (unpaired) electrons. The second kappa shape index (κ2) is 10.6. The van der Waals surface area contributed by atoms with Crippen molar-refractivity contribution in [2.24, 2.45) is 0 Å². The zero-order chi connectivity index (χ0) is 22.3. The molecule has 1 N–H and O–H groups in total.